The minimum atomic E-state index is -3.06. The molecule has 1 aromatic heterocycles. The molecule has 0 atom stereocenters. The highest BCUT2D eigenvalue weighted by Gasteiger charge is 2.28. The maximum Gasteiger partial charge on any atom is 0.310 e. The van der Waals surface area contributed by atoms with E-state index in [1.165, 1.54) is 6.92 Å². The Bertz CT molecular complexity index is 491. The van der Waals surface area contributed by atoms with E-state index in [-0.39, 0.29) is 11.3 Å². The highest BCUT2D eigenvalue weighted by atomic mass is 19.3. The molecule has 6 nitrogen and oxygen atoms in total. The Morgan fingerprint density at radius 3 is 2.67 bits per heavy atom. The molecule has 98 valence electrons. The van der Waals surface area contributed by atoms with Crippen molar-refractivity contribution >= 4 is 11.7 Å². The second-order valence-corrected chi connectivity index (χ2v) is 3.43. The number of rotatable bonds is 4. The third-order valence-electron chi connectivity index (χ3n) is 2.38. The Labute approximate surface area is 101 Å². The third-order valence-corrected chi connectivity index (χ3v) is 2.38. The molecule has 0 amide bonds. The Kier molecular flexibility index (Phi) is 4.24. The topological polar surface area (TPSA) is 82.3 Å². The number of hydrogen-bond acceptors (Lipinski definition) is 5. The number of nitro groups is 1. The Balaban J connectivity index is 3.41. The molecule has 18 heavy (non-hydrogen) atoms. The van der Waals surface area contributed by atoms with Crippen LogP contribution >= 0.6 is 0 Å². The lowest BCUT2D eigenvalue weighted by molar-refractivity contribution is -0.386. The van der Waals surface area contributed by atoms with Gasteiger partial charge in [-0.15, -0.1) is 0 Å². The quantitative estimate of drug-likeness (QED) is 0.469. The van der Waals surface area contributed by atoms with Gasteiger partial charge in [-0.25, -0.2) is 8.78 Å². The summed E-state index contributed by atoms with van der Waals surface area (Å²) in [5.41, 5.74) is -1.60. The lowest BCUT2D eigenvalue weighted by Crippen LogP contribution is -2.12. The summed E-state index contributed by atoms with van der Waals surface area (Å²) in [6, 6.07) is 0. The summed E-state index contributed by atoms with van der Waals surface area (Å²) in [7, 11) is 1.10. The van der Waals surface area contributed by atoms with Crippen LogP contribution < -0.4 is 0 Å². The van der Waals surface area contributed by atoms with Crippen LogP contribution in [0.1, 0.15) is 23.2 Å². The standard InChI is InChI=1S/C10H10F2N2O4/c1-5-6(3-8(15)18-2)9(10(11)12)7(4-13-5)14(16)17/h4,10H,3H2,1-2H3. The van der Waals surface area contributed by atoms with E-state index in [1.807, 2.05) is 0 Å². The van der Waals surface area contributed by atoms with Gasteiger partial charge in [-0.1, -0.05) is 0 Å². The number of pyridine rings is 1. The monoisotopic (exact) mass is 260 g/mol. The average molecular weight is 260 g/mol. The van der Waals surface area contributed by atoms with Crippen molar-refractivity contribution in [2.24, 2.45) is 0 Å². The zero-order valence-electron chi connectivity index (χ0n) is 9.65. The molecule has 1 aromatic rings. The van der Waals surface area contributed by atoms with Gasteiger partial charge in [0, 0.05) is 11.3 Å². The predicted molar refractivity (Wildman–Crippen MR) is 56.3 cm³/mol. The summed E-state index contributed by atoms with van der Waals surface area (Å²) >= 11 is 0. The molecular weight excluding hydrogens is 250 g/mol. The number of hydrogen-bond donors (Lipinski definition) is 0. The molecule has 0 bridgehead atoms. The molecule has 0 aliphatic carbocycles. The number of ether oxygens (including phenoxy) is 1. The predicted octanol–water partition coefficient (Wildman–Crippen LogP) is 1.95. The normalized spacial score (nSPS) is 10.5. The van der Waals surface area contributed by atoms with E-state index >= 15 is 0 Å². The van der Waals surface area contributed by atoms with E-state index in [0.717, 1.165) is 13.3 Å². The summed E-state index contributed by atoms with van der Waals surface area (Å²) in [5.74, 6) is -0.762. The maximum absolute atomic E-state index is 12.9. The largest absolute Gasteiger partial charge is 0.469 e. The van der Waals surface area contributed by atoms with Gasteiger partial charge in [-0.3, -0.25) is 19.9 Å². The van der Waals surface area contributed by atoms with Gasteiger partial charge in [0.25, 0.3) is 12.1 Å². The summed E-state index contributed by atoms with van der Waals surface area (Å²) < 4.78 is 30.2. The van der Waals surface area contributed by atoms with Crippen LogP contribution in [0.2, 0.25) is 0 Å². The smallest absolute Gasteiger partial charge is 0.310 e. The van der Waals surface area contributed by atoms with E-state index < -0.39 is 35.0 Å². The highest BCUT2D eigenvalue weighted by molar-refractivity contribution is 5.74. The van der Waals surface area contributed by atoms with Gasteiger partial charge in [0.1, 0.15) is 11.8 Å². The van der Waals surface area contributed by atoms with Gasteiger partial charge in [-0.2, -0.15) is 0 Å². The number of carbonyl (C=O) groups is 1. The Morgan fingerprint density at radius 2 is 2.22 bits per heavy atom. The molecule has 0 aromatic carbocycles. The molecule has 1 rings (SSSR count). The minimum absolute atomic E-state index is 0.140. The summed E-state index contributed by atoms with van der Waals surface area (Å²) in [4.78, 5) is 24.5. The van der Waals surface area contributed by atoms with Gasteiger partial charge in [0.2, 0.25) is 0 Å². The van der Waals surface area contributed by atoms with Crippen molar-refractivity contribution in [3.05, 3.63) is 33.1 Å². The van der Waals surface area contributed by atoms with Crippen LogP contribution in [0.4, 0.5) is 14.5 Å². The lowest BCUT2D eigenvalue weighted by Gasteiger charge is -2.10. The second kappa shape index (κ2) is 5.48. The van der Waals surface area contributed by atoms with E-state index in [9.17, 15) is 23.7 Å². The number of methoxy groups -OCH3 is 1. The van der Waals surface area contributed by atoms with Gasteiger partial charge in [-0.05, 0) is 6.92 Å². The molecule has 1 heterocycles. The van der Waals surface area contributed by atoms with Crippen molar-refractivity contribution in [1.82, 2.24) is 4.98 Å². The fraction of sp³-hybridized carbons (Fsp3) is 0.400. The van der Waals surface area contributed by atoms with Gasteiger partial charge in [0.15, 0.2) is 0 Å². The second-order valence-electron chi connectivity index (χ2n) is 3.43. The van der Waals surface area contributed by atoms with E-state index in [4.69, 9.17) is 0 Å². The molecule has 0 saturated heterocycles. The first-order valence-electron chi connectivity index (χ1n) is 4.86. The zero-order valence-corrected chi connectivity index (χ0v) is 9.65. The number of carbonyl (C=O) groups excluding carboxylic acids is 1. The minimum Gasteiger partial charge on any atom is -0.469 e. The van der Waals surface area contributed by atoms with Gasteiger partial charge >= 0.3 is 5.97 Å². The van der Waals surface area contributed by atoms with Crippen molar-refractivity contribution in [2.75, 3.05) is 7.11 Å². The number of alkyl halides is 2. The van der Waals surface area contributed by atoms with Crippen molar-refractivity contribution in [3.63, 3.8) is 0 Å². The van der Waals surface area contributed by atoms with Crippen LogP contribution in [0.15, 0.2) is 6.20 Å². The number of aryl methyl sites for hydroxylation is 1. The molecule has 8 heteroatoms. The van der Waals surface area contributed by atoms with Crippen molar-refractivity contribution in [3.8, 4) is 0 Å². The van der Waals surface area contributed by atoms with E-state index in [1.54, 1.807) is 0 Å². The molecule has 0 aliphatic rings. The van der Waals surface area contributed by atoms with Crippen LogP contribution in [0.3, 0.4) is 0 Å². The molecule has 0 radical (unpaired) electrons. The number of aromatic nitrogens is 1. The molecule has 0 fully saturated rings. The maximum atomic E-state index is 12.9. The first-order chi connectivity index (χ1) is 8.38. The number of nitrogens with zero attached hydrogens (tertiary/aromatic N) is 2. The number of halogens is 2. The van der Waals surface area contributed by atoms with Crippen molar-refractivity contribution < 1.29 is 23.2 Å². The number of esters is 1. The molecular formula is C10H10F2N2O4. The molecule has 0 unspecified atom stereocenters. The van der Waals surface area contributed by atoms with Gasteiger partial charge in [0.05, 0.1) is 18.5 Å². The van der Waals surface area contributed by atoms with Crippen LogP contribution in [-0.4, -0.2) is 23.0 Å². The first kappa shape index (κ1) is 13.9. The van der Waals surface area contributed by atoms with Gasteiger partial charge < -0.3 is 4.74 Å². The third kappa shape index (κ3) is 2.76. The van der Waals surface area contributed by atoms with Crippen LogP contribution in [-0.2, 0) is 16.0 Å². The first-order valence-corrected chi connectivity index (χ1v) is 4.86. The molecule has 0 N–H and O–H groups in total. The zero-order chi connectivity index (χ0) is 13.9. The molecule has 0 aliphatic heterocycles. The van der Waals surface area contributed by atoms with E-state index in [2.05, 4.69) is 9.72 Å². The van der Waals surface area contributed by atoms with Crippen LogP contribution in [0.25, 0.3) is 0 Å². The fourth-order valence-electron chi connectivity index (χ4n) is 1.48. The highest BCUT2D eigenvalue weighted by Crippen LogP contribution is 2.33. The van der Waals surface area contributed by atoms with Crippen molar-refractivity contribution in [2.45, 2.75) is 19.8 Å². The SMILES string of the molecule is COC(=O)Cc1c(C)ncc([N+](=O)[O-])c1C(F)F. The molecule has 0 spiro atoms. The average Bonchev–Trinajstić information content (AvgIpc) is 2.30. The Morgan fingerprint density at radius 1 is 1.61 bits per heavy atom. The molecule has 0 saturated carbocycles. The lowest BCUT2D eigenvalue weighted by atomic mass is 10.0. The van der Waals surface area contributed by atoms with E-state index in [0.29, 0.717) is 0 Å². The fourth-order valence-corrected chi connectivity index (χ4v) is 1.48. The van der Waals surface area contributed by atoms with Crippen LogP contribution in [0.5, 0.6) is 0 Å². The summed E-state index contributed by atoms with van der Waals surface area (Å²) in [5, 5.41) is 10.7. The van der Waals surface area contributed by atoms with Crippen LogP contribution in [0, 0.1) is 17.0 Å². The van der Waals surface area contributed by atoms with Crippen molar-refractivity contribution in [1.29, 1.82) is 0 Å². The summed E-state index contributed by atoms with van der Waals surface area (Å²) in [6.45, 7) is 1.40. The Hall–Kier alpha value is -2.12. The summed E-state index contributed by atoms with van der Waals surface area (Å²) in [6.07, 6.45) is -2.78.